The van der Waals surface area contributed by atoms with Crippen molar-refractivity contribution in [3.63, 3.8) is 0 Å². The normalized spacial score (nSPS) is 12.1. The van der Waals surface area contributed by atoms with E-state index in [2.05, 4.69) is 15.9 Å². The van der Waals surface area contributed by atoms with Gasteiger partial charge in [0.15, 0.2) is 0 Å². The van der Waals surface area contributed by atoms with Crippen molar-refractivity contribution in [3.05, 3.63) is 64.1 Å². The second-order valence-corrected chi connectivity index (χ2v) is 4.78. The van der Waals surface area contributed by atoms with Crippen LogP contribution < -0.4 is 5.73 Å². The lowest BCUT2D eigenvalue weighted by Gasteiger charge is -2.16. The number of rotatable bonds is 3. The minimum Gasteiger partial charge on any atom is -0.481 e. The summed E-state index contributed by atoms with van der Waals surface area (Å²) < 4.78 is 0.764. The van der Waals surface area contributed by atoms with E-state index < -0.39 is 11.9 Å². The first-order valence-corrected chi connectivity index (χ1v) is 6.22. The summed E-state index contributed by atoms with van der Waals surface area (Å²) in [5.74, 6) is -1.68. The van der Waals surface area contributed by atoms with E-state index in [9.17, 15) is 9.90 Å². The summed E-state index contributed by atoms with van der Waals surface area (Å²) in [4.78, 5) is 11.5. The van der Waals surface area contributed by atoms with Crippen molar-refractivity contribution in [1.82, 2.24) is 0 Å². The van der Waals surface area contributed by atoms with Crippen molar-refractivity contribution >= 4 is 27.6 Å². The van der Waals surface area contributed by atoms with Gasteiger partial charge < -0.3 is 10.8 Å². The molecule has 0 aliphatic heterocycles. The maximum atomic E-state index is 11.5. The van der Waals surface area contributed by atoms with Crippen LogP contribution in [0, 0.1) is 0 Å². The Balaban J connectivity index is 2.58. The molecule has 0 saturated heterocycles. The fourth-order valence-corrected chi connectivity index (χ4v) is 2.43. The molecule has 3 N–H and O–H groups in total. The van der Waals surface area contributed by atoms with E-state index in [-0.39, 0.29) is 0 Å². The highest BCUT2D eigenvalue weighted by molar-refractivity contribution is 9.10. The zero-order valence-electron chi connectivity index (χ0n) is 9.51. The third-order valence-electron chi connectivity index (χ3n) is 2.77. The SMILES string of the molecule is Nc1ccccc1C(C(=O)O)c1ccccc1Br. The number of hydrogen-bond acceptors (Lipinski definition) is 2. The van der Waals surface area contributed by atoms with Gasteiger partial charge in [-0.3, -0.25) is 4.79 Å². The van der Waals surface area contributed by atoms with Gasteiger partial charge in [0.05, 0.1) is 0 Å². The summed E-state index contributed by atoms with van der Waals surface area (Å²) in [5.41, 5.74) is 7.66. The molecular formula is C14H12BrNO2. The van der Waals surface area contributed by atoms with Crippen molar-refractivity contribution in [1.29, 1.82) is 0 Å². The van der Waals surface area contributed by atoms with Gasteiger partial charge in [0.25, 0.3) is 0 Å². The summed E-state index contributed by atoms with van der Waals surface area (Å²) in [6, 6.07) is 14.3. The molecule has 92 valence electrons. The molecule has 18 heavy (non-hydrogen) atoms. The van der Waals surface area contributed by atoms with Crippen molar-refractivity contribution < 1.29 is 9.90 Å². The lowest BCUT2D eigenvalue weighted by Crippen LogP contribution is -2.15. The van der Waals surface area contributed by atoms with E-state index in [0.717, 1.165) is 4.47 Å². The van der Waals surface area contributed by atoms with Crippen molar-refractivity contribution in [2.45, 2.75) is 5.92 Å². The van der Waals surface area contributed by atoms with E-state index in [1.54, 1.807) is 30.3 Å². The van der Waals surface area contributed by atoms with Gasteiger partial charge in [-0.1, -0.05) is 52.3 Å². The predicted molar refractivity (Wildman–Crippen MR) is 74.5 cm³/mol. The average molecular weight is 306 g/mol. The number of hydrogen-bond donors (Lipinski definition) is 2. The molecule has 0 amide bonds. The van der Waals surface area contributed by atoms with Crippen LogP contribution in [-0.4, -0.2) is 11.1 Å². The zero-order valence-corrected chi connectivity index (χ0v) is 11.1. The van der Waals surface area contributed by atoms with Crippen LogP contribution in [-0.2, 0) is 4.79 Å². The predicted octanol–water partition coefficient (Wildman–Crippen LogP) is 3.25. The third-order valence-corrected chi connectivity index (χ3v) is 3.49. The molecule has 0 aromatic heterocycles. The summed E-state index contributed by atoms with van der Waals surface area (Å²) >= 11 is 3.38. The van der Waals surface area contributed by atoms with Crippen LogP contribution >= 0.6 is 15.9 Å². The highest BCUT2D eigenvalue weighted by atomic mass is 79.9. The lowest BCUT2D eigenvalue weighted by molar-refractivity contribution is -0.137. The van der Waals surface area contributed by atoms with Gasteiger partial charge >= 0.3 is 5.97 Å². The Labute approximate surface area is 113 Å². The molecule has 0 aliphatic rings. The van der Waals surface area contributed by atoms with Gasteiger partial charge in [0.2, 0.25) is 0 Å². The lowest BCUT2D eigenvalue weighted by atomic mass is 9.90. The number of nitrogens with two attached hydrogens (primary N) is 1. The van der Waals surface area contributed by atoms with E-state index in [0.29, 0.717) is 16.8 Å². The number of aliphatic carboxylic acids is 1. The molecule has 1 unspecified atom stereocenters. The Morgan fingerprint density at radius 2 is 1.61 bits per heavy atom. The van der Waals surface area contributed by atoms with Crippen LogP contribution in [0.4, 0.5) is 5.69 Å². The summed E-state index contributed by atoms with van der Waals surface area (Å²) in [7, 11) is 0. The topological polar surface area (TPSA) is 63.3 Å². The minimum atomic E-state index is -0.917. The van der Waals surface area contributed by atoms with Crippen LogP contribution in [0.1, 0.15) is 17.0 Å². The van der Waals surface area contributed by atoms with E-state index in [1.165, 1.54) is 0 Å². The fourth-order valence-electron chi connectivity index (χ4n) is 1.92. The number of anilines is 1. The van der Waals surface area contributed by atoms with Crippen molar-refractivity contribution in [2.75, 3.05) is 5.73 Å². The van der Waals surface area contributed by atoms with Gasteiger partial charge in [0, 0.05) is 10.2 Å². The first-order chi connectivity index (χ1) is 8.61. The average Bonchev–Trinajstić information content (AvgIpc) is 2.34. The van der Waals surface area contributed by atoms with Crippen molar-refractivity contribution in [3.8, 4) is 0 Å². The van der Waals surface area contributed by atoms with Crippen LogP contribution in [0.2, 0.25) is 0 Å². The Hall–Kier alpha value is -1.81. The van der Waals surface area contributed by atoms with Crippen LogP contribution in [0.5, 0.6) is 0 Å². The summed E-state index contributed by atoms with van der Waals surface area (Å²) in [6.45, 7) is 0. The molecule has 2 aromatic carbocycles. The molecule has 1 atom stereocenters. The quantitative estimate of drug-likeness (QED) is 0.856. The van der Waals surface area contributed by atoms with E-state index >= 15 is 0 Å². The summed E-state index contributed by atoms with van der Waals surface area (Å²) in [5, 5.41) is 9.45. The number of carboxylic acids is 1. The Kier molecular flexibility index (Phi) is 3.67. The van der Waals surface area contributed by atoms with Crippen LogP contribution in [0.25, 0.3) is 0 Å². The van der Waals surface area contributed by atoms with E-state index in [1.807, 2.05) is 18.2 Å². The Bertz CT molecular complexity index is 538. The molecule has 0 saturated carbocycles. The number of benzene rings is 2. The second kappa shape index (κ2) is 5.23. The molecule has 4 heteroatoms. The molecule has 3 nitrogen and oxygen atoms in total. The molecule has 0 heterocycles. The fraction of sp³-hybridized carbons (Fsp3) is 0.0714. The summed E-state index contributed by atoms with van der Waals surface area (Å²) in [6.07, 6.45) is 0. The van der Waals surface area contributed by atoms with Gasteiger partial charge in [-0.15, -0.1) is 0 Å². The third kappa shape index (κ3) is 2.38. The number of halogens is 1. The molecular weight excluding hydrogens is 294 g/mol. The Morgan fingerprint density at radius 1 is 1.06 bits per heavy atom. The maximum Gasteiger partial charge on any atom is 0.315 e. The highest BCUT2D eigenvalue weighted by Gasteiger charge is 2.25. The van der Waals surface area contributed by atoms with E-state index in [4.69, 9.17) is 5.73 Å². The molecule has 2 aromatic rings. The largest absolute Gasteiger partial charge is 0.481 e. The monoisotopic (exact) mass is 305 g/mol. The molecule has 2 rings (SSSR count). The first-order valence-electron chi connectivity index (χ1n) is 5.43. The highest BCUT2D eigenvalue weighted by Crippen LogP contribution is 2.33. The molecule has 0 spiro atoms. The number of nitrogen functional groups attached to an aromatic ring is 1. The molecule has 0 fully saturated rings. The van der Waals surface area contributed by atoms with Gasteiger partial charge in [-0.05, 0) is 23.3 Å². The van der Waals surface area contributed by atoms with Crippen LogP contribution in [0.15, 0.2) is 53.0 Å². The van der Waals surface area contributed by atoms with Crippen molar-refractivity contribution in [2.24, 2.45) is 0 Å². The smallest absolute Gasteiger partial charge is 0.315 e. The van der Waals surface area contributed by atoms with Gasteiger partial charge in [-0.25, -0.2) is 0 Å². The minimum absolute atomic E-state index is 0.487. The van der Waals surface area contributed by atoms with Crippen LogP contribution in [0.3, 0.4) is 0 Å². The standard InChI is InChI=1S/C14H12BrNO2/c15-11-7-3-1-5-9(11)13(14(17)18)10-6-2-4-8-12(10)16/h1-8,13H,16H2,(H,17,18). The molecule has 0 bridgehead atoms. The number of para-hydroxylation sites is 1. The number of carboxylic acid groups (broad SMARTS) is 1. The maximum absolute atomic E-state index is 11.5. The number of carbonyl (C=O) groups is 1. The molecule has 0 radical (unpaired) electrons. The zero-order chi connectivity index (χ0) is 13.1. The van der Waals surface area contributed by atoms with Gasteiger partial charge in [0.1, 0.15) is 5.92 Å². The first kappa shape index (κ1) is 12.6. The second-order valence-electron chi connectivity index (χ2n) is 3.92. The Morgan fingerprint density at radius 3 is 2.17 bits per heavy atom. The van der Waals surface area contributed by atoms with Gasteiger partial charge in [-0.2, -0.15) is 0 Å². The molecule has 0 aliphatic carbocycles.